The van der Waals surface area contributed by atoms with Crippen LogP contribution in [-0.4, -0.2) is 34.1 Å². The highest BCUT2D eigenvalue weighted by atomic mass is 16.5. The minimum atomic E-state index is -0.281. The molecule has 8 heteroatoms. The van der Waals surface area contributed by atoms with E-state index in [4.69, 9.17) is 4.74 Å². The number of amides is 2. The van der Waals surface area contributed by atoms with Gasteiger partial charge in [0, 0.05) is 18.1 Å². The minimum Gasteiger partial charge on any atom is -0.490 e. The predicted molar refractivity (Wildman–Crippen MR) is 102 cm³/mol. The van der Waals surface area contributed by atoms with E-state index < -0.39 is 0 Å². The number of anilines is 2. The van der Waals surface area contributed by atoms with Gasteiger partial charge < -0.3 is 25.3 Å². The summed E-state index contributed by atoms with van der Waals surface area (Å²) in [5.41, 5.74) is 3.39. The van der Waals surface area contributed by atoms with Crippen LogP contribution in [0.1, 0.15) is 11.4 Å². The number of carbonyl (C=O) groups excluding carboxylic acids is 1. The molecule has 1 aliphatic heterocycles. The number of hydrogen-bond donors (Lipinski definition) is 3. The number of aromatic amines is 1. The van der Waals surface area contributed by atoms with Crippen LogP contribution in [-0.2, 0) is 13.1 Å². The van der Waals surface area contributed by atoms with E-state index in [0.29, 0.717) is 25.4 Å². The van der Waals surface area contributed by atoms with E-state index in [-0.39, 0.29) is 6.03 Å². The maximum Gasteiger partial charge on any atom is 0.319 e. The molecule has 3 aromatic rings. The van der Waals surface area contributed by atoms with Crippen molar-refractivity contribution in [2.75, 3.05) is 23.4 Å². The Morgan fingerprint density at radius 2 is 2.19 bits per heavy atom. The highest BCUT2D eigenvalue weighted by molar-refractivity contribution is 5.90. The number of carbonyl (C=O) groups is 1. The SMILES string of the molecule is O=C(NCc1ccccn1)Nc1ccc2c(c1)N(Cc1c[nH]cn1)CCO2. The molecule has 27 heavy (non-hydrogen) atoms. The van der Waals surface area contributed by atoms with Gasteiger partial charge in [-0.2, -0.15) is 0 Å². The fourth-order valence-corrected chi connectivity index (χ4v) is 2.94. The molecule has 2 amide bonds. The van der Waals surface area contributed by atoms with Gasteiger partial charge in [-0.3, -0.25) is 4.98 Å². The fourth-order valence-electron chi connectivity index (χ4n) is 2.94. The number of nitrogens with zero attached hydrogens (tertiary/aromatic N) is 3. The Kier molecular flexibility index (Phi) is 4.86. The third-order valence-electron chi connectivity index (χ3n) is 4.24. The molecule has 2 aromatic heterocycles. The minimum absolute atomic E-state index is 0.281. The van der Waals surface area contributed by atoms with Crippen LogP contribution in [0.15, 0.2) is 55.1 Å². The van der Waals surface area contributed by atoms with Gasteiger partial charge in [-0.15, -0.1) is 0 Å². The van der Waals surface area contributed by atoms with Crippen molar-refractivity contribution in [1.29, 1.82) is 0 Å². The Bertz CT molecular complexity index is 898. The van der Waals surface area contributed by atoms with E-state index in [1.54, 1.807) is 12.5 Å². The number of rotatable bonds is 5. The lowest BCUT2D eigenvalue weighted by atomic mass is 10.2. The first-order chi connectivity index (χ1) is 13.3. The largest absolute Gasteiger partial charge is 0.490 e. The molecule has 1 aromatic carbocycles. The van der Waals surface area contributed by atoms with E-state index >= 15 is 0 Å². The van der Waals surface area contributed by atoms with Crippen molar-refractivity contribution < 1.29 is 9.53 Å². The highest BCUT2D eigenvalue weighted by Crippen LogP contribution is 2.34. The van der Waals surface area contributed by atoms with Crippen LogP contribution >= 0.6 is 0 Å². The molecular formula is C19H20N6O2. The second kappa shape index (κ2) is 7.77. The average Bonchev–Trinajstić information content (AvgIpc) is 3.21. The molecule has 0 saturated carbocycles. The van der Waals surface area contributed by atoms with Crippen LogP contribution < -0.4 is 20.3 Å². The van der Waals surface area contributed by atoms with E-state index in [2.05, 4.69) is 30.5 Å². The van der Waals surface area contributed by atoms with Gasteiger partial charge in [0.25, 0.3) is 0 Å². The number of imidazole rings is 1. The molecule has 0 fully saturated rings. The van der Waals surface area contributed by atoms with Crippen LogP contribution in [0, 0.1) is 0 Å². The van der Waals surface area contributed by atoms with Gasteiger partial charge in [0.1, 0.15) is 12.4 Å². The second-order valence-corrected chi connectivity index (χ2v) is 6.14. The normalized spacial score (nSPS) is 12.8. The van der Waals surface area contributed by atoms with Crippen LogP contribution in [0.3, 0.4) is 0 Å². The van der Waals surface area contributed by atoms with Gasteiger partial charge in [0.15, 0.2) is 0 Å². The number of ether oxygens (including phenoxy) is 1. The van der Waals surface area contributed by atoms with Crippen LogP contribution in [0.2, 0.25) is 0 Å². The number of H-pyrrole nitrogens is 1. The average molecular weight is 364 g/mol. The third kappa shape index (κ3) is 4.17. The third-order valence-corrected chi connectivity index (χ3v) is 4.24. The molecule has 138 valence electrons. The summed E-state index contributed by atoms with van der Waals surface area (Å²) >= 11 is 0. The monoisotopic (exact) mass is 364 g/mol. The first-order valence-electron chi connectivity index (χ1n) is 8.72. The van der Waals surface area contributed by atoms with E-state index in [0.717, 1.165) is 29.4 Å². The van der Waals surface area contributed by atoms with Gasteiger partial charge in [-0.25, -0.2) is 9.78 Å². The van der Waals surface area contributed by atoms with Crippen molar-refractivity contribution in [3.8, 4) is 5.75 Å². The van der Waals surface area contributed by atoms with Crippen LogP contribution in [0.25, 0.3) is 0 Å². The van der Waals surface area contributed by atoms with Crippen LogP contribution in [0.4, 0.5) is 16.2 Å². The van der Waals surface area contributed by atoms with Gasteiger partial charge in [0.2, 0.25) is 0 Å². The Balaban J connectivity index is 1.42. The lowest BCUT2D eigenvalue weighted by Crippen LogP contribution is -2.32. The molecule has 3 heterocycles. The number of aromatic nitrogens is 3. The molecule has 1 aliphatic rings. The summed E-state index contributed by atoms with van der Waals surface area (Å²) in [6, 6.07) is 10.9. The molecular weight excluding hydrogens is 344 g/mol. The van der Waals surface area contributed by atoms with E-state index in [1.165, 1.54) is 0 Å². The number of urea groups is 1. The smallest absolute Gasteiger partial charge is 0.319 e. The zero-order valence-electron chi connectivity index (χ0n) is 14.7. The molecule has 0 bridgehead atoms. The Labute approximate surface area is 156 Å². The molecule has 0 radical (unpaired) electrons. The summed E-state index contributed by atoms with van der Waals surface area (Å²) in [5, 5.41) is 5.66. The van der Waals surface area contributed by atoms with Crippen molar-refractivity contribution in [3.63, 3.8) is 0 Å². The van der Waals surface area contributed by atoms with Gasteiger partial charge >= 0.3 is 6.03 Å². The summed E-state index contributed by atoms with van der Waals surface area (Å²) in [6.07, 6.45) is 5.25. The summed E-state index contributed by atoms with van der Waals surface area (Å²) in [5.74, 6) is 0.802. The number of nitrogens with one attached hydrogen (secondary N) is 3. The number of fused-ring (bicyclic) bond motifs is 1. The summed E-state index contributed by atoms with van der Waals surface area (Å²) in [6.45, 7) is 2.42. The van der Waals surface area contributed by atoms with Gasteiger partial charge in [0.05, 0.1) is 43.0 Å². The van der Waals surface area contributed by atoms with Gasteiger partial charge in [-0.1, -0.05) is 6.07 Å². The van der Waals surface area contributed by atoms with Crippen molar-refractivity contribution in [2.24, 2.45) is 0 Å². The van der Waals surface area contributed by atoms with Crippen molar-refractivity contribution in [1.82, 2.24) is 20.3 Å². The van der Waals surface area contributed by atoms with Crippen molar-refractivity contribution >= 4 is 17.4 Å². The summed E-state index contributed by atoms with van der Waals surface area (Å²) < 4.78 is 5.73. The number of pyridine rings is 1. The predicted octanol–water partition coefficient (Wildman–Crippen LogP) is 2.53. The second-order valence-electron chi connectivity index (χ2n) is 6.14. The molecule has 0 aliphatic carbocycles. The molecule has 0 atom stereocenters. The topological polar surface area (TPSA) is 95.2 Å². The standard InChI is InChI=1S/C19H20N6O2/c26-19(22-11-15-3-1-2-6-21-15)24-14-4-5-18-17(9-14)25(7-8-27-18)12-16-10-20-13-23-16/h1-6,9-10,13H,7-8,11-12H2,(H,20,23)(H2,22,24,26). The maximum atomic E-state index is 12.2. The summed E-state index contributed by atoms with van der Waals surface area (Å²) in [4.78, 5) is 25.8. The number of benzene rings is 1. The van der Waals surface area contributed by atoms with Crippen molar-refractivity contribution in [3.05, 3.63) is 66.5 Å². The van der Waals surface area contributed by atoms with Crippen molar-refractivity contribution in [2.45, 2.75) is 13.1 Å². The molecule has 0 spiro atoms. The Morgan fingerprint density at radius 3 is 3.00 bits per heavy atom. The van der Waals surface area contributed by atoms with E-state index in [1.807, 2.05) is 42.6 Å². The molecule has 3 N–H and O–H groups in total. The first kappa shape index (κ1) is 16.9. The fraction of sp³-hybridized carbons (Fsp3) is 0.211. The quantitative estimate of drug-likeness (QED) is 0.647. The zero-order valence-corrected chi connectivity index (χ0v) is 14.7. The molecule has 0 unspecified atom stereocenters. The van der Waals surface area contributed by atoms with E-state index in [9.17, 15) is 4.79 Å². The molecule has 0 saturated heterocycles. The highest BCUT2D eigenvalue weighted by Gasteiger charge is 2.19. The lowest BCUT2D eigenvalue weighted by molar-refractivity contribution is 0.251. The Hall–Kier alpha value is -3.55. The lowest BCUT2D eigenvalue weighted by Gasteiger charge is -2.31. The Morgan fingerprint density at radius 1 is 1.22 bits per heavy atom. The first-order valence-corrected chi connectivity index (χ1v) is 8.72. The molecule has 4 rings (SSSR count). The summed E-state index contributed by atoms with van der Waals surface area (Å²) in [7, 11) is 0. The zero-order chi connectivity index (χ0) is 18.5. The number of hydrogen-bond acceptors (Lipinski definition) is 5. The van der Waals surface area contributed by atoms with Crippen LogP contribution in [0.5, 0.6) is 5.75 Å². The molecule has 8 nitrogen and oxygen atoms in total. The maximum absolute atomic E-state index is 12.2. The van der Waals surface area contributed by atoms with Gasteiger partial charge in [-0.05, 0) is 30.3 Å².